The van der Waals surface area contributed by atoms with Gasteiger partial charge in [-0.3, -0.25) is 19.3 Å². The summed E-state index contributed by atoms with van der Waals surface area (Å²) in [7, 11) is 1.55. The van der Waals surface area contributed by atoms with Crippen molar-refractivity contribution in [2.24, 2.45) is 0 Å². The van der Waals surface area contributed by atoms with Crippen LogP contribution < -0.4 is 20.0 Å². The number of anilines is 2. The summed E-state index contributed by atoms with van der Waals surface area (Å²) in [6, 6.07) is 22.7. The fraction of sp³-hybridized carbons (Fsp3) is 0.0909. The third-order valence-corrected chi connectivity index (χ3v) is 9.35. The molecule has 2 aliphatic rings. The van der Waals surface area contributed by atoms with E-state index in [2.05, 4.69) is 0 Å². The van der Waals surface area contributed by atoms with Crippen LogP contribution in [0.25, 0.3) is 21.2 Å². The molecule has 8 nitrogen and oxygen atoms in total. The van der Waals surface area contributed by atoms with Gasteiger partial charge in [-0.15, -0.1) is 0 Å². The Kier molecular flexibility index (Phi) is 5.72. The number of para-hydroxylation sites is 1. The van der Waals surface area contributed by atoms with Gasteiger partial charge in [0.2, 0.25) is 5.76 Å². The van der Waals surface area contributed by atoms with Crippen molar-refractivity contribution < 1.29 is 23.1 Å². The van der Waals surface area contributed by atoms with Crippen LogP contribution in [-0.4, -0.2) is 23.9 Å². The van der Waals surface area contributed by atoms with Crippen molar-refractivity contribution in [3.8, 4) is 5.75 Å². The molecule has 0 saturated heterocycles. The summed E-state index contributed by atoms with van der Waals surface area (Å²) in [5, 5.41) is 0.649. The Hall–Kier alpha value is -5.06. The fourth-order valence-corrected chi connectivity index (χ4v) is 7.40. The Balaban J connectivity index is 1.44. The Labute approximate surface area is 257 Å². The summed E-state index contributed by atoms with van der Waals surface area (Å²) >= 11 is 7.46. The monoisotopic (exact) mass is 623 g/mol. The van der Waals surface area contributed by atoms with Gasteiger partial charge < -0.3 is 14.1 Å². The number of hydrogen-bond acceptors (Lipinski definition) is 7. The van der Waals surface area contributed by atoms with E-state index in [-0.39, 0.29) is 34.0 Å². The Morgan fingerprint density at radius 2 is 1.80 bits per heavy atom. The van der Waals surface area contributed by atoms with Crippen LogP contribution >= 0.6 is 22.9 Å². The van der Waals surface area contributed by atoms with Gasteiger partial charge in [0.05, 0.1) is 40.5 Å². The molecule has 1 atom stereocenters. The standard InChI is InChI=1S/C33H19ClFN3O5S/c1-42-20-11-12-23-26(15-20)44-32(36-23)38-30(40)29-27(28(39)21-14-18(34)8-13-25(21)43-29)33(38)22-4-2-3-5-24(22)37(31(33)41)16-17-6-9-19(35)10-7-17/h2-15H,16H2,1H3. The summed E-state index contributed by atoms with van der Waals surface area (Å²) < 4.78 is 26.0. The lowest BCUT2D eigenvalue weighted by atomic mass is 9.84. The minimum absolute atomic E-state index is 0.0665. The van der Waals surface area contributed by atoms with Crippen molar-refractivity contribution in [1.29, 1.82) is 0 Å². The molecule has 11 heteroatoms. The highest BCUT2D eigenvalue weighted by molar-refractivity contribution is 7.22. The highest BCUT2D eigenvalue weighted by atomic mass is 35.5. The number of hydrogen-bond donors (Lipinski definition) is 0. The van der Waals surface area contributed by atoms with Gasteiger partial charge in [0.15, 0.2) is 16.1 Å². The van der Waals surface area contributed by atoms with Crippen molar-refractivity contribution in [3.05, 3.63) is 128 Å². The molecule has 1 spiro atoms. The van der Waals surface area contributed by atoms with Crippen molar-refractivity contribution >= 4 is 66.8 Å². The molecular weight excluding hydrogens is 605 g/mol. The van der Waals surface area contributed by atoms with Gasteiger partial charge in [0.1, 0.15) is 17.1 Å². The second kappa shape index (κ2) is 9.47. The first kappa shape index (κ1) is 26.6. The first-order valence-corrected chi connectivity index (χ1v) is 14.7. The van der Waals surface area contributed by atoms with E-state index in [4.69, 9.17) is 25.7 Å². The zero-order valence-corrected chi connectivity index (χ0v) is 24.4. The molecule has 2 aromatic heterocycles. The largest absolute Gasteiger partial charge is 0.497 e. The number of benzene rings is 4. The average molecular weight is 624 g/mol. The van der Waals surface area contributed by atoms with Gasteiger partial charge >= 0.3 is 0 Å². The van der Waals surface area contributed by atoms with E-state index in [1.807, 2.05) is 0 Å². The second-order valence-corrected chi connectivity index (χ2v) is 11.9. The quantitative estimate of drug-likeness (QED) is 0.218. The molecule has 216 valence electrons. The van der Waals surface area contributed by atoms with Gasteiger partial charge in [-0.2, -0.15) is 0 Å². The molecule has 0 radical (unpaired) electrons. The highest BCUT2D eigenvalue weighted by Gasteiger charge is 2.66. The number of ether oxygens (including phenoxy) is 1. The number of amides is 2. The number of carbonyl (C=O) groups is 2. The van der Waals surface area contributed by atoms with Crippen LogP contribution in [0, 0.1) is 5.82 Å². The molecule has 0 aliphatic carbocycles. The van der Waals surface area contributed by atoms with Gasteiger partial charge in [-0.05, 0) is 60.2 Å². The van der Waals surface area contributed by atoms with Gasteiger partial charge in [-0.25, -0.2) is 9.37 Å². The zero-order valence-electron chi connectivity index (χ0n) is 22.8. The Bertz CT molecular complexity index is 2270. The van der Waals surface area contributed by atoms with Crippen LogP contribution in [0.3, 0.4) is 0 Å². The SMILES string of the molecule is COc1ccc2nc(N3C(=O)c4oc5ccc(Cl)cc5c(=O)c4C34C(=O)N(Cc3ccc(F)cc3)c3ccccc34)sc2c1. The van der Waals surface area contributed by atoms with Gasteiger partial charge in [-0.1, -0.05) is 53.3 Å². The number of thiazole rings is 1. The predicted molar refractivity (Wildman–Crippen MR) is 165 cm³/mol. The molecule has 0 saturated carbocycles. The van der Waals surface area contributed by atoms with Crippen molar-refractivity contribution in [2.75, 3.05) is 16.9 Å². The molecule has 4 heterocycles. The molecule has 1 unspecified atom stereocenters. The summed E-state index contributed by atoms with van der Waals surface area (Å²) in [4.78, 5) is 51.5. The maximum atomic E-state index is 15.0. The van der Waals surface area contributed by atoms with E-state index in [0.29, 0.717) is 33.1 Å². The number of halogens is 2. The molecule has 6 aromatic rings. The van der Waals surface area contributed by atoms with E-state index in [0.717, 1.165) is 4.70 Å². The summed E-state index contributed by atoms with van der Waals surface area (Å²) in [5.41, 5.74) is -0.250. The van der Waals surface area contributed by atoms with Crippen LogP contribution in [0.5, 0.6) is 5.75 Å². The lowest BCUT2D eigenvalue weighted by Gasteiger charge is -2.32. The van der Waals surface area contributed by atoms with Crippen molar-refractivity contribution in [1.82, 2.24) is 4.98 Å². The van der Waals surface area contributed by atoms with Gasteiger partial charge in [0.25, 0.3) is 11.8 Å². The maximum absolute atomic E-state index is 15.0. The molecule has 0 fully saturated rings. The number of nitrogens with zero attached hydrogens (tertiary/aromatic N) is 3. The van der Waals surface area contributed by atoms with Gasteiger partial charge in [0, 0.05) is 10.6 Å². The fourth-order valence-electron chi connectivity index (χ4n) is 6.18. The zero-order chi connectivity index (χ0) is 30.3. The van der Waals surface area contributed by atoms with E-state index >= 15 is 4.79 Å². The van der Waals surface area contributed by atoms with E-state index < -0.39 is 28.6 Å². The summed E-state index contributed by atoms with van der Waals surface area (Å²) in [6.45, 7) is 0.0665. The van der Waals surface area contributed by atoms with Crippen molar-refractivity contribution in [2.45, 2.75) is 12.1 Å². The molecule has 2 amide bonds. The van der Waals surface area contributed by atoms with Crippen LogP contribution in [0.4, 0.5) is 15.2 Å². The van der Waals surface area contributed by atoms with Crippen LogP contribution in [0.1, 0.15) is 27.2 Å². The minimum Gasteiger partial charge on any atom is -0.497 e. The number of aromatic nitrogens is 1. The highest BCUT2D eigenvalue weighted by Crippen LogP contribution is 2.55. The smallest absolute Gasteiger partial charge is 0.297 e. The lowest BCUT2D eigenvalue weighted by molar-refractivity contribution is -0.121. The van der Waals surface area contributed by atoms with Crippen LogP contribution in [0.2, 0.25) is 5.02 Å². The number of methoxy groups -OCH3 is 1. The Morgan fingerprint density at radius 1 is 1.00 bits per heavy atom. The van der Waals surface area contributed by atoms with Crippen molar-refractivity contribution in [3.63, 3.8) is 0 Å². The van der Waals surface area contributed by atoms with Crippen LogP contribution in [0.15, 0.2) is 94.1 Å². The number of fused-ring (bicyclic) bond motifs is 6. The molecule has 2 aliphatic heterocycles. The number of carbonyl (C=O) groups excluding carboxylic acids is 2. The average Bonchev–Trinajstić information content (AvgIpc) is 3.64. The maximum Gasteiger partial charge on any atom is 0.297 e. The Morgan fingerprint density at radius 3 is 2.59 bits per heavy atom. The third kappa shape index (κ3) is 3.55. The van der Waals surface area contributed by atoms with E-state index in [9.17, 15) is 14.0 Å². The molecule has 4 aromatic carbocycles. The number of rotatable bonds is 4. The topological polar surface area (TPSA) is 93.0 Å². The first-order chi connectivity index (χ1) is 21.3. The predicted octanol–water partition coefficient (Wildman–Crippen LogP) is 6.65. The summed E-state index contributed by atoms with van der Waals surface area (Å²) in [5.74, 6) is -1.26. The molecular formula is C33H19ClFN3O5S. The molecule has 0 N–H and O–H groups in total. The second-order valence-electron chi connectivity index (χ2n) is 10.5. The summed E-state index contributed by atoms with van der Waals surface area (Å²) in [6.07, 6.45) is 0. The minimum atomic E-state index is -1.93. The normalized spacial score (nSPS) is 17.2. The molecule has 0 bridgehead atoms. The van der Waals surface area contributed by atoms with Crippen LogP contribution in [-0.2, 0) is 16.9 Å². The van der Waals surface area contributed by atoms with E-state index in [1.165, 1.54) is 45.4 Å². The lowest BCUT2D eigenvalue weighted by Crippen LogP contribution is -2.53. The first-order valence-electron chi connectivity index (χ1n) is 13.5. The molecule has 44 heavy (non-hydrogen) atoms. The third-order valence-electron chi connectivity index (χ3n) is 8.12. The van der Waals surface area contributed by atoms with E-state index in [1.54, 1.807) is 67.8 Å². The molecule has 8 rings (SSSR count).